The Morgan fingerprint density at radius 3 is 2.84 bits per heavy atom. The Kier molecular flexibility index (Phi) is 3.17. The zero-order chi connectivity index (χ0) is 13.5. The molecule has 1 fully saturated rings. The van der Waals surface area contributed by atoms with Gasteiger partial charge in [-0.05, 0) is 38.8 Å². The lowest BCUT2D eigenvalue weighted by molar-refractivity contribution is 0.343. The number of ether oxygens (including phenoxy) is 1. The van der Waals surface area contributed by atoms with Gasteiger partial charge in [-0.1, -0.05) is 6.07 Å². The third-order valence-corrected chi connectivity index (χ3v) is 4.04. The zero-order valence-corrected chi connectivity index (χ0v) is 12.2. The van der Waals surface area contributed by atoms with Crippen LogP contribution in [0.4, 0.5) is 0 Å². The van der Waals surface area contributed by atoms with Gasteiger partial charge in [-0.25, -0.2) is 4.98 Å². The second kappa shape index (κ2) is 4.71. The number of alkyl halides is 1. The lowest BCUT2D eigenvalue weighted by atomic mass is 10.2. The third kappa shape index (κ3) is 2.10. The molecule has 3 nitrogen and oxygen atoms in total. The molecule has 0 unspecified atom stereocenters. The quantitative estimate of drug-likeness (QED) is 0.780. The minimum atomic E-state index is 0.223. The Morgan fingerprint density at radius 1 is 1.42 bits per heavy atom. The molecule has 19 heavy (non-hydrogen) atoms. The van der Waals surface area contributed by atoms with E-state index < -0.39 is 0 Å². The summed E-state index contributed by atoms with van der Waals surface area (Å²) in [6, 6.07) is 6.16. The van der Waals surface area contributed by atoms with Crippen molar-refractivity contribution in [3.05, 3.63) is 24.0 Å². The predicted octanol–water partition coefficient (Wildman–Crippen LogP) is 3.73. The first kappa shape index (κ1) is 12.8. The van der Waals surface area contributed by atoms with Crippen LogP contribution in [0.25, 0.3) is 11.0 Å². The smallest absolute Gasteiger partial charge is 0.147 e. The van der Waals surface area contributed by atoms with Crippen LogP contribution < -0.4 is 4.74 Å². The molecule has 0 atom stereocenters. The molecule has 0 radical (unpaired) electrons. The molecule has 0 saturated heterocycles. The second-order valence-corrected chi connectivity index (χ2v) is 5.73. The van der Waals surface area contributed by atoms with Gasteiger partial charge in [0.15, 0.2) is 0 Å². The van der Waals surface area contributed by atoms with Gasteiger partial charge in [0, 0.05) is 17.8 Å². The molecule has 1 heterocycles. The molecule has 3 rings (SSSR count). The van der Waals surface area contributed by atoms with Crippen LogP contribution in [0.3, 0.4) is 0 Å². The van der Waals surface area contributed by atoms with E-state index in [0.29, 0.717) is 12.5 Å². The molecule has 1 aromatic carbocycles. The average molecular weight is 279 g/mol. The van der Waals surface area contributed by atoms with E-state index in [4.69, 9.17) is 21.3 Å². The first-order chi connectivity index (χ1) is 9.19. The number of benzene rings is 1. The fraction of sp³-hybridized carbons (Fsp3) is 0.533. The van der Waals surface area contributed by atoms with Crippen molar-refractivity contribution in [2.75, 3.05) is 12.5 Å². The molecule has 1 aliphatic rings. The number of para-hydroxylation sites is 1. The van der Waals surface area contributed by atoms with Gasteiger partial charge in [0.05, 0.1) is 12.1 Å². The van der Waals surface area contributed by atoms with E-state index in [9.17, 15) is 0 Å². The third-order valence-electron chi connectivity index (χ3n) is 3.85. The van der Waals surface area contributed by atoms with Gasteiger partial charge < -0.3 is 9.30 Å². The lowest BCUT2D eigenvalue weighted by Gasteiger charge is -2.15. The zero-order valence-electron chi connectivity index (χ0n) is 11.4. The van der Waals surface area contributed by atoms with Crippen LogP contribution in [0, 0.1) is 0 Å². The van der Waals surface area contributed by atoms with Crippen LogP contribution in [0.2, 0.25) is 0 Å². The van der Waals surface area contributed by atoms with Gasteiger partial charge in [0.25, 0.3) is 0 Å². The number of aryl methyl sites for hydroxylation is 1. The number of fused-ring (bicyclic) bond motifs is 1. The summed E-state index contributed by atoms with van der Waals surface area (Å²) in [6.07, 6.45) is 3.23. The van der Waals surface area contributed by atoms with Crippen molar-refractivity contribution in [1.29, 1.82) is 0 Å². The van der Waals surface area contributed by atoms with Crippen molar-refractivity contribution < 1.29 is 4.74 Å². The maximum absolute atomic E-state index is 5.92. The minimum absolute atomic E-state index is 0.223. The van der Waals surface area contributed by atoms with E-state index in [-0.39, 0.29) is 5.54 Å². The highest BCUT2D eigenvalue weighted by molar-refractivity contribution is 6.17. The molecule has 4 heteroatoms. The van der Waals surface area contributed by atoms with Gasteiger partial charge in [0.2, 0.25) is 0 Å². The highest BCUT2D eigenvalue weighted by Gasteiger charge is 2.41. The van der Waals surface area contributed by atoms with Crippen LogP contribution in [0.1, 0.15) is 32.5 Å². The van der Waals surface area contributed by atoms with Crippen molar-refractivity contribution in [1.82, 2.24) is 9.55 Å². The second-order valence-electron chi connectivity index (χ2n) is 5.36. The van der Waals surface area contributed by atoms with Crippen molar-refractivity contribution in [3.8, 4) is 5.75 Å². The molecule has 0 amide bonds. The highest BCUT2D eigenvalue weighted by Crippen LogP contribution is 2.46. The normalized spacial score (nSPS) is 16.8. The van der Waals surface area contributed by atoms with Gasteiger partial charge >= 0.3 is 0 Å². The van der Waals surface area contributed by atoms with Crippen LogP contribution in [-0.4, -0.2) is 22.0 Å². The summed E-state index contributed by atoms with van der Waals surface area (Å²) in [5.41, 5.74) is 2.37. The molecule has 2 aromatic rings. The van der Waals surface area contributed by atoms with Gasteiger partial charge in [-0.2, -0.15) is 0 Å². The summed E-state index contributed by atoms with van der Waals surface area (Å²) < 4.78 is 8.06. The molecule has 1 saturated carbocycles. The van der Waals surface area contributed by atoms with E-state index in [1.165, 1.54) is 18.4 Å². The van der Waals surface area contributed by atoms with Gasteiger partial charge in [-0.15, -0.1) is 11.6 Å². The molecular formula is C15H19ClN2O. The van der Waals surface area contributed by atoms with Crippen molar-refractivity contribution in [2.24, 2.45) is 0 Å². The number of hydrogen-bond acceptors (Lipinski definition) is 2. The van der Waals surface area contributed by atoms with Crippen LogP contribution in [0.15, 0.2) is 18.2 Å². The molecule has 1 aromatic heterocycles. The summed E-state index contributed by atoms with van der Waals surface area (Å²) in [7, 11) is 0. The van der Waals surface area contributed by atoms with Crippen LogP contribution >= 0.6 is 11.6 Å². The molecule has 0 bridgehead atoms. The highest BCUT2D eigenvalue weighted by atomic mass is 35.5. The Labute approximate surface area is 118 Å². The molecule has 102 valence electrons. The SMILES string of the molecule is CCOc1cccc2c1nc(CCCl)n2C1(C)CC1. The summed E-state index contributed by atoms with van der Waals surface area (Å²) in [5.74, 6) is 2.56. The van der Waals surface area contributed by atoms with E-state index in [0.717, 1.165) is 23.5 Å². The topological polar surface area (TPSA) is 27.1 Å². The molecule has 0 N–H and O–H groups in total. The predicted molar refractivity (Wildman–Crippen MR) is 78.2 cm³/mol. The standard InChI is InChI=1S/C15H19ClN2O/c1-3-19-12-6-4-5-11-14(12)17-13(7-10-16)18(11)15(2)8-9-15/h4-6H,3,7-10H2,1-2H3. The first-order valence-corrected chi connectivity index (χ1v) is 7.42. The summed E-state index contributed by atoms with van der Waals surface area (Å²) in [4.78, 5) is 4.78. The number of imidazole rings is 1. The van der Waals surface area contributed by atoms with Crippen molar-refractivity contribution in [3.63, 3.8) is 0 Å². The van der Waals surface area contributed by atoms with Crippen molar-refractivity contribution >= 4 is 22.6 Å². The Hall–Kier alpha value is -1.22. The van der Waals surface area contributed by atoms with E-state index >= 15 is 0 Å². The van der Waals surface area contributed by atoms with E-state index in [1.54, 1.807) is 0 Å². The monoisotopic (exact) mass is 278 g/mol. The molecule has 1 aliphatic carbocycles. The number of hydrogen-bond donors (Lipinski definition) is 0. The first-order valence-electron chi connectivity index (χ1n) is 6.89. The van der Waals surface area contributed by atoms with Crippen LogP contribution in [-0.2, 0) is 12.0 Å². The number of nitrogens with zero attached hydrogens (tertiary/aromatic N) is 2. The fourth-order valence-corrected chi connectivity index (χ4v) is 2.82. The lowest BCUT2D eigenvalue weighted by Crippen LogP contribution is -2.16. The fourth-order valence-electron chi connectivity index (χ4n) is 2.65. The van der Waals surface area contributed by atoms with E-state index in [1.807, 2.05) is 19.1 Å². The summed E-state index contributed by atoms with van der Waals surface area (Å²) in [5, 5.41) is 0. The Morgan fingerprint density at radius 2 is 2.21 bits per heavy atom. The van der Waals surface area contributed by atoms with Crippen LogP contribution in [0.5, 0.6) is 5.75 Å². The van der Waals surface area contributed by atoms with Gasteiger partial charge in [0.1, 0.15) is 17.1 Å². The Bertz CT molecular complexity index is 601. The summed E-state index contributed by atoms with van der Waals surface area (Å²) in [6.45, 7) is 4.95. The maximum atomic E-state index is 5.92. The average Bonchev–Trinajstić information content (AvgIpc) is 3.01. The summed E-state index contributed by atoms with van der Waals surface area (Å²) >= 11 is 5.92. The largest absolute Gasteiger partial charge is 0.492 e. The maximum Gasteiger partial charge on any atom is 0.147 e. The minimum Gasteiger partial charge on any atom is -0.492 e. The molecule has 0 aliphatic heterocycles. The molecule has 0 spiro atoms. The van der Waals surface area contributed by atoms with Gasteiger partial charge in [-0.3, -0.25) is 0 Å². The number of halogens is 1. The van der Waals surface area contributed by atoms with E-state index in [2.05, 4.69) is 17.6 Å². The number of aromatic nitrogens is 2. The number of rotatable bonds is 5. The van der Waals surface area contributed by atoms with Crippen molar-refractivity contribution in [2.45, 2.75) is 38.6 Å². The molecular weight excluding hydrogens is 260 g/mol. The Balaban J connectivity index is 2.20.